The highest BCUT2D eigenvalue weighted by molar-refractivity contribution is 8.00. The van der Waals surface area contributed by atoms with Crippen molar-refractivity contribution in [2.45, 2.75) is 75.6 Å². The number of ether oxygens (including phenoxy) is 1. The zero-order valence-electron chi connectivity index (χ0n) is 14.1. The summed E-state index contributed by atoms with van der Waals surface area (Å²) in [5.41, 5.74) is 0. The van der Waals surface area contributed by atoms with Gasteiger partial charge in [0.15, 0.2) is 0 Å². The van der Waals surface area contributed by atoms with Gasteiger partial charge in [-0.1, -0.05) is 19.3 Å². The number of hydrogen-bond acceptors (Lipinski definition) is 4. The van der Waals surface area contributed by atoms with Crippen LogP contribution in [0.25, 0.3) is 0 Å². The van der Waals surface area contributed by atoms with Crippen LogP contribution in [0, 0.1) is 0 Å². The maximum atomic E-state index is 11.3. The van der Waals surface area contributed by atoms with Gasteiger partial charge in [-0.2, -0.15) is 11.8 Å². The molecule has 0 bridgehead atoms. The second kappa shape index (κ2) is 10.2. The molecule has 0 aromatic carbocycles. The lowest BCUT2D eigenvalue weighted by Crippen LogP contribution is -2.36. The van der Waals surface area contributed by atoms with Crippen LogP contribution in [0.5, 0.6) is 0 Å². The zero-order chi connectivity index (χ0) is 16.5. The fourth-order valence-electron chi connectivity index (χ4n) is 3.23. The molecule has 2 aliphatic heterocycles. The minimum absolute atomic E-state index is 0.00185. The molecule has 0 unspecified atom stereocenters. The lowest BCUT2D eigenvalue weighted by Gasteiger charge is -2.16. The molecule has 3 atom stereocenters. The van der Waals surface area contributed by atoms with Gasteiger partial charge in [-0.3, -0.25) is 0 Å². The Morgan fingerprint density at radius 3 is 2.61 bits per heavy atom. The van der Waals surface area contributed by atoms with E-state index in [0.29, 0.717) is 23.8 Å². The Hall–Kier alpha value is -0.750. The molecule has 132 valence electrons. The predicted octanol–water partition coefficient (Wildman–Crippen LogP) is 2.88. The predicted molar refractivity (Wildman–Crippen MR) is 93.9 cm³/mol. The first kappa shape index (κ1) is 18.6. The third-order valence-corrected chi connectivity index (χ3v) is 6.04. The third-order valence-electron chi connectivity index (χ3n) is 4.53. The third kappa shape index (κ3) is 6.71. The van der Waals surface area contributed by atoms with E-state index in [1.807, 2.05) is 11.8 Å². The van der Waals surface area contributed by atoms with Gasteiger partial charge in [-0.25, -0.2) is 4.79 Å². The lowest BCUT2D eigenvalue weighted by molar-refractivity contribution is -0.117. The lowest BCUT2D eigenvalue weighted by atomic mass is 10.0. The van der Waals surface area contributed by atoms with E-state index in [9.17, 15) is 9.59 Å². The van der Waals surface area contributed by atoms with E-state index in [1.54, 1.807) is 6.92 Å². The Morgan fingerprint density at radius 2 is 1.87 bits per heavy atom. The molecule has 0 radical (unpaired) electrons. The van der Waals surface area contributed by atoms with Crippen LogP contribution in [0.4, 0.5) is 4.79 Å². The summed E-state index contributed by atoms with van der Waals surface area (Å²) in [5, 5.41) is 6.59. The average molecular weight is 343 g/mol. The van der Waals surface area contributed by atoms with E-state index in [2.05, 4.69) is 10.6 Å². The monoisotopic (exact) mass is 342 g/mol. The molecule has 2 fully saturated rings. The summed E-state index contributed by atoms with van der Waals surface area (Å²) in [6.45, 7) is 3.31. The number of ketones is 1. The summed E-state index contributed by atoms with van der Waals surface area (Å²) in [5.74, 6) is 1.33. The fraction of sp³-hybridized carbons (Fsp3) is 0.882. The number of fused-ring (bicyclic) bond motifs is 1. The van der Waals surface area contributed by atoms with Crippen LogP contribution in [0.1, 0.15) is 58.3 Å². The second-order valence-corrected chi connectivity index (χ2v) is 7.87. The van der Waals surface area contributed by atoms with E-state index >= 15 is 0 Å². The van der Waals surface area contributed by atoms with Crippen LogP contribution >= 0.6 is 11.8 Å². The number of carbonyl (C=O) groups excluding carboxylic acids is 2. The molecule has 0 spiro atoms. The first-order chi connectivity index (χ1) is 11.2. The van der Waals surface area contributed by atoms with Crippen LogP contribution in [-0.2, 0) is 9.53 Å². The van der Waals surface area contributed by atoms with E-state index in [-0.39, 0.29) is 11.8 Å². The molecule has 2 aliphatic rings. The maximum absolute atomic E-state index is 11.3. The Bertz CT molecular complexity index is 392. The summed E-state index contributed by atoms with van der Waals surface area (Å²) in [7, 11) is 0. The SMILES string of the molecule is CC(=O)CCCCCOCCCCC[C@@H]1SC[C@@H]2NC(=O)N[C@@H]21. The normalized spacial score (nSPS) is 26.0. The van der Waals surface area contributed by atoms with Crippen molar-refractivity contribution < 1.29 is 14.3 Å². The molecule has 0 aromatic heterocycles. The highest BCUT2D eigenvalue weighted by atomic mass is 32.2. The largest absolute Gasteiger partial charge is 0.381 e. The van der Waals surface area contributed by atoms with Crippen LogP contribution in [0.3, 0.4) is 0 Å². The van der Waals surface area contributed by atoms with Crippen molar-refractivity contribution in [2.75, 3.05) is 19.0 Å². The molecule has 2 rings (SSSR count). The van der Waals surface area contributed by atoms with E-state index < -0.39 is 0 Å². The van der Waals surface area contributed by atoms with Crippen LogP contribution < -0.4 is 10.6 Å². The van der Waals surface area contributed by atoms with Gasteiger partial charge < -0.3 is 20.2 Å². The zero-order valence-corrected chi connectivity index (χ0v) is 15.0. The number of carbonyl (C=O) groups is 2. The molecule has 0 saturated carbocycles. The molecule has 5 nitrogen and oxygen atoms in total. The fourth-order valence-corrected chi connectivity index (χ4v) is 4.77. The number of nitrogens with one attached hydrogen (secondary N) is 2. The average Bonchev–Trinajstić information content (AvgIpc) is 3.04. The van der Waals surface area contributed by atoms with Gasteiger partial charge >= 0.3 is 6.03 Å². The van der Waals surface area contributed by atoms with Crippen molar-refractivity contribution in [3.8, 4) is 0 Å². The van der Waals surface area contributed by atoms with Gasteiger partial charge in [0.2, 0.25) is 0 Å². The quantitative estimate of drug-likeness (QED) is 0.423. The van der Waals surface area contributed by atoms with Crippen molar-refractivity contribution >= 4 is 23.6 Å². The Balaban J connectivity index is 1.37. The van der Waals surface area contributed by atoms with Crippen molar-refractivity contribution in [2.24, 2.45) is 0 Å². The van der Waals surface area contributed by atoms with Crippen molar-refractivity contribution in [1.29, 1.82) is 0 Å². The molecular formula is C17H30N2O3S. The molecule has 0 aromatic rings. The molecule has 2 saturated heterocycles. The molecule has 2 heterocycles. The number of thioether (sulfide) groups is 1. The van der Waals surface area contributed by atoms with Gasteiger partial charge in [-0.05, 0) is 32.6 Å². The van der Waals surface area contributed by atoms with Gasteiger partial charge in [0.1, 0.15) is 5.78 Å². The van der Waals surface area contributed by atoms with Crippen molar-refractivity contribution in [1.82, 2.24) is 10.6 Å². The summed E-state index contributed by atoms with van der Waals surface area (Å²) in [6.07, 6.45) is 8.53. The molecule has 6 heteroatoms. The van der Waals surface area contributed by atoms with E-state index in [4.69, 9.17) is 4.74 Å². The number of unbranched alkanes of at least 4 members (excludes halogenated alkanes) is 4. The molecule has 23 heavy (non-hydrogen) atoms. The van der Waals surface area contributed by atoms with Gasteiger partial charge in [0.25, 0.3) is 0 Å². The molecule has 0 aliphatic carbocycles. The Morgan fingerprint density at radius 1 is 1.13 bits per heavy atom. The number of rotatable bonds is 12. The first-order valence-corrected chi connectivity index (χ1v) is 9.97. The van der Waals surface area contributed by atoms with E-state index in [0.717, 1.165) is 44.6 Å². The first-order valence-electron chi connectivity index (χ1n) is 8.92. The van der Waals surface area contributed by atoms with Gasteiger partial charge in [-0.15, -0.1) is 0 Å². The van der Waals surface area contributed by atoms with E-state index in [1.165, 1.54) is 19.3 Å². The number of hydrogen-bond donors (Lipinski definition) is 2. The summed E-state index contributed by atoms with van der Waals surface area (Å²) < 4.78 is 5.64. The summed E-state index contributed by atoms with van der Waals surface area (Å²) in [6, 6.07) is 0.671. The minimum Gasteiger partial charge on any atom is -0.381 e. The molecular weight excluding hydrogens is 312 g/mol. The van der Waals surface area contributed by atoms with Crippen LogP contribution in [0.15, 0.2) is 0 Å². The van der Waals surface area contributed by atoms with Crippen molar-refractivity contribution in [3.63, 3.8) is 0 Å². The highest BCUT2D eigenvalue weighted by Gasteiger charge is 2.42. The standard InChI is InChI=1S/C17H30N2O3S/c1-13(20)8-4-2-6-10-22-11-7-3-5-9-15-16-14(12-23-15)18-17(21)19-16/h14-16H,2-12H2,1H3,(H2,18,19,21)/t14-,15-,16-/m0/s1. The Labute approximate surface area is 143 Å². The number of urea groups is 1. The summed E-state index contributed by atoms with van der Waals surface area (Å²) in [4.78, 5) is 22.1. The highest BCUT2D eigenvalue weighted by Crippen LogP contribution is 2.33. The summed E-state index contributed by atoms with van der Waals surface area (Å²) >= 11 is 1.99. The topological polar surface area (TPSA) is 67.4 Å². The minimum atomic E-state index is 0.00185. The Kier molecular flexibility index (Phi) is 8.23. The van der Waals surface area contributed by atoms with Gasteiger partial charge in [0.05, 0.1) is 12.1 Å². The van der Waals surface area contributed by atoms with Crippen LogP contribution in [-0.4, -0.2) is 48.1 Å². The molecule has 2 N–H and O–H groups in total. The molecule has 2 amide bonds. The second-order valence-electron chi connectivity index (χ2n) is 6.60. The number of Topliss-reactive ketones (excluding diaryl/α,β-unsaturated/α-hetero) is 1. The van der Waals surface area contributed by atoms with Crippen LogP contribution in [0.2, 0.25) is 0 Å². The van der Waals surface area contributed by atoms with Crippen molar-refractivity contribution in [3.05, 3.63) is 0 Å². The smallest absolute Gasteiger partial charge is 0.315 e. The van der Waals surface area contributed by atoms with Gasteiger partial charge in [0, 0.05) is 30.6 Å². The maximum Gasteiger partial charge on any atom is 0.315 e. The number of amides is 2.